The lowest BCUT2D eigenvalue weighted by molar-refractivity contribution is 0.808. The van der Waals surface area contributed by atoms with Gasteiger partial charge in [0, 0.05) is 24.0 Å². The molecule has 2 rings (SSSR count). The number of hydrogen-bond donors (Lipinski definition) is 2. The molecule has 1 heterocycles. The summed E-state index contributed by atoms with van der Waals surface area (Å²) in [5, 5.41) is 7.73. The molecule has 104 valence electrons. The third-order valence-corrected chi connectivity index (χ3v) is 3.24. The highest BCUT2D eigenvalue weighted by molar-refractivity contribution is 6.00. The molecule has 0 amide bonds. The molecule has 0 aliphatic heterocycles. The fraction of sp³-hybridized carbons (Fsp3) is 0.250. The van der Waals surface area contributed by atoms with E-state index >= 15 is 0 Å². The van der Waals surface area contributed by atoms with Crippen molar-refractivity contribution in [1.29, 1.82) is 5.41 Å². The molecule has 0 aliphatic rings. The van der Waals surface area contributed by atoms with Crippen molar-refractivity contribution >= 4 is 11.5 Å². The number of nitrogens with two attached hydrogens (primary N) is 1. The maximum atomic E-state index is 7.73. The first kappa shape index (κ1) is 14.1. The minimum Gasteiger partial charge on any atom is -0.384 e. The molecule has 1 aromatic carbocycles. The van der Waals surface area contributed by atoms with E-state index in [0.29, 0.717) is 6.54 Å². The number of nitrogens with one attached hydrogen (secondary N) is 1. The SMILES string of the molecule is CCN(Cc1ccccn1)c1cc(C)ccc1C(=N)N. The average molecular weight is 268 g/mol. The summed E-state index contributed by atoms with van der Waals surface area (Å²) in [6.07, 6.45) is 1.80. The number of benzene rings is 1. The Hall–Kier alpha value is -2.36. The van der Waals surface area contributed by atoms with E-state index in [2.05, 4.69) is 22.9 Å². The van der Waals surface area contributed by atoms with Gasteiger partial charge < -0.3 is 10.6 Å². The third kappa shape index (κ3) is 3.15. The molecule has 0 unspecified atom stereocenters. The molecular formula is C16H20N4. The summed E-state index contributed by atoms with van der Waals surface area (Å²) >= 11 is 0. The van der Waals surface area contributed by atoms with Crippen molar-refractivity contribution in [3.05, 3.63) is 59.4 Å². The Kier molecular flexibility index (Phi) is 4.35. The average Bonchev–Trinajstić information content (AvgIpc) is 2.45. The maximum Gasteiger partial charge on any atom is 0.124 e. The van der Waals surface area contributed by atoms with Crippen LogP contribution in [0.3, 0.4) is 0 Å². The minimum atomic E-state index is 0.0967. The van der Waals surface area contributed by atoms with E-state index in [-0.39, 0.29) is 5.84 Å². The van der Waals surface area contributed by atoms with Crippen LogP contribution in [0, 0.1) is 12.3 Å². The highest BCUT2D eigenvalue weighted by atomic mass is 15.1. The summed E-state index contributed by atoms with van der Waals surface area (Å²) in [6.45, 7) is 5.68. The van der Waals surface area contributed by atoms with Crippen molar-refractivity contribution in [1.82, 2.24) is 4.98 Å². The zero-order valence-electron chi connectivity index (χ0n) is 11.9. The number of nitrogens with zero attached hydrogens (tertiary/aromatic N) is 2. The largest absolute Gasteiger partial charge is 0.384 e. The number of aryl methyl sites for hydroxylation is 1. The van der Waals surface area contributed by atoms with Crippen LogP contribution in [0.15, 0.2) is 42.6 Å². The molecular weight excluding hydrogens is 248 g/mol. The van der Waals surface area contributed by atoms with Crippen LogP contribution < -0.4 is 10.6 Å². The van der Waals surface area contributed by atoms with E-state index in [1.54, 1.807) is 6.20 Å². The Bertz CT molecular complexity index is 593. The van der Waals surface area contributed by atoms with Crippen LogP contribution in [0.5, 0.6) is 0 Å². The monoisotopic (exact) mass is 268 g/mol. The Morgan fingerprint density at radius 3 is 2.70 bits per heavy atom. The van der Waals surface area contributed by atoms with Crippen molar-refractivity contribution in [3.63, 3.8) is 0 Å². The topological polar surface area (TPSA) is 66.0 Å². The lowest BCUT2D eigenvalue weighted by Crippen LogP contribution is -2.26. The lowest BCUT2D eigenvalue weighted by atomic mass is 10.1. The van der Waals surface area contributed by atoms with Gasteiger partial charge in [0.15, 0.2) is 0 Å². The zero-order valence-corrected chi connectivity index (χ0v) is 11.9. The highest BCUT2D eigenvalue weighted by Crippen LogP contribution is 2.23. The van der Waals surface area contributed by atoms with Crippen LogP contribution >= 0.6 is 0 Å². The molecule has 3 N–H and O–H groups in total. The summed E-state index contributed by atoms with van der Waals surface area (Å²) in [4.78, 5) is 6.55. The van der Waals surface area contributed by atoms with E-state index < -0.39 is 0 Å². The van der Waals surface area contributed by atoms with Crippen LogP contribution in [-0.4, -0.2) is 17.4 Å². The van der Waals surface area contributed by atoms with Crippen molar-refractivity contribution in [2.75, 3.05) is 11.4 Å². The first-order valence-electron chi connectivity index (χ1n) is 6.71. The molecule has 0 radical (unpaired) electrons. The van der Waals surface area contributed by atoms with Crippen LogP contribution in [0.25, 0.3) is 0 Å². The number of anilines is 1. The molecule has 0 atom stereocenters. The second kappa shape index (κ2) is 6.19. The lowest BCUT2D eigenvalue weighted by Gasteiger charge is -2.25. The highest BCUT2D eigenvalue weighted by Gasteiger charge is 2.13. The van der Waals surface area contributed by atoms with Crippen LogP contribution in [0.4, 0.5) is 5.69 Å². The Morgan fingerprint density at radius 1 is 1.30 bits per heavy atom. The molecule has 20 heavy (non-hydrogen) atoms. The molecule has 2 aromatic rings. The molecule has 0 spiro atoms. The number of amidine groups is 1. The van der Waals surface area contributed by atoms with Crippen molar-refractivity contribution in [2.45, 2.75) is 20.4 Å². The van der Waals surface area contributed by atoms with E-state index in [1.165, 1.54) is 0 Å². The summed E-state index contributed by atoms with van der Waals surface area (Å²) in [6, 6.07) is 11.9. The van der Waals surface area contributed by atoms with Gasteiger partial charge in [-0.3, -0.25) is 10.4 Å². The van der Waals surface area contributed by atoms with E-state index in [9.17, 15) is 0 Å². The summed E-state index contributed by atoms with van der Waals surface area (Å²) in [5.74, 6) is 0.0967. The van der Waals surface area contributed by atoms with Gasteiger partial charge in [-0.15, -0.1) is 0 Å². The summed E-state index contributed by atoms with van der Waals surface area (Å²) in [7, 11) is 0. The van der Waals surface area contributed by atoms with Gasteiger partial charge in [0.2, 0.25) is 0 Å². The van der Waals surface area contributed by atoms with Gasteiger partial charge in [-0.2, -0.15) is 0 Å². The molecule has 1 aromatic heterocycles. The molecule has 0 saturated carbocycles. The molecule has 4 heteroatoms. The van der Waals surface area contributed by atoms with E-state index in [4.69, 9.17) is 11.1 Å². The Labute approximate surface area is 119 Å². The normalized spacial score (nSPS) is 10.3. The molecule has 0 aliphatic carbocycles. The van der Waals surface area contributed by atoms with Crippen molar-refractivity contribution < 1.29 is 0 Å². The fourth-order valence-electron chi connectivity index (χ4n) is 2.19. The maximum absolute atomic E-state index is 7.73. The number of aromatic nitrogens is 1. The molecule has 0 bridgehead atoms. The Balaban J connectivity index is 2.36. The van der Waals surface area contributed by atoms with Crippen molar-refractivity contribution in [3.8, 4) is 0 Å². The van der Waals surface area contributed by atoms with Gasteiger partial charge >= 0.3 is 0 Å². The van der Waals surface area contributed by atoms with Gasteiger partial charge in [-0.25, -0.2) is 0 Å². The second-order valence-electron chi connectivity index (χ2n) is 4.77. The van der Waals surface area contributed by atoms with Crippen LogP contribution in [-0.2, 0) is 6.54 Å². The third-order valence-electron chi connectivity index (χ3n) is 3.24. The molecule has 0 fully saturated rings. The fourth-order valence-corrected chi connectivity index (χ4v) is 2.19. The summed E-state index contributed by atoms with van der Waals surface area (Å²) in [5.41, 5.74) is 9.62. The van der Waals surface area contributed by atoms with Gasteiger partial charge in [-0.05, 0) is 43.7 Å². The first-order valence-corrected chi connectivity index (χ1v) is 6.71. The minimum absolute atomic E-state index is 0.0967. The summed E-state index contributed by atoms with van der Waals surface area (Å²) < 4.78 is 0. The second-order valence-corrected chi connectivity index (χ2v) is 4.77. The predicted octanol–water partition coefficient (Wildman–Crippen LogP) is 2.70. The van der Waals surface area contributed by atoms with E-state index in [1.807, 2.05) is 37.3 Å². The van der Waals surface area contributed by atoms with Crippen LogP contribution in [0.1, 0.15) is 23.7 Å². The first-order chi connectivity index (χ1) is 9.61. The van der Waals surface area contributed by atoms with Gasteiger partial charge in [0.1, 0.15) is 5.84 Å². The molecule has 0 saturated heterocycles. The van der Waals surface area contributed by atoms with Crippen LogP contribution in [0.2, 0.25) is 0 Å². The number of pyridine rings is 1. The smallest absolute Gasteiger partial charge is 0.124 e. The Morgan fingerprint density at radius 2 is 2.10 bits per heavy atom. The molecule has 4 nitrogen and oxygen atoms in total. The van der Waals surface area contributed by atoms with Gasteiger partial charge in [-0.1, -0.05) is 12.1 Å². The quantitative estimate of drug-likeness (QED) is 0.647. The van der Waals surface area contributed by atoms with E-state index in [0.717, 1.165) is 29.1 Å². The van der Waals surface area contributed by atoms with Crippen molar-refractivity contribution in [2.24, 2.45) is 5.73 Å². The number of rotatable bonds is 5. The number of hydrogen-bond acceptors (Lipinski definition) is 3. The van der Waals surface area contributed by atoms with Gasteiger partial charge in [0.05, 0.1) is 12.2 Å². The van der Waals surface area contributed by atoms with Gasteiger partial charge in [0.25, 0.3) is 0 Å². The predicted molar refractivity (Wildman–Crippen MR) is 83.2 cm³/mol. The zero-order chi connectivity index (χ0) is 14.5. The number of nitrogen functional groups attached to an aromatic ring is 1. The standard InChI is InChI=1S/C16H20N4/c1-3-20(11-13-6-4-5-9-19-13)15-10-12(2)7-8-14(15)16(17)18/h4-10H,3,11H2,1-2H3,(H3,17,18).